The summed E-state index contributed by atoms with van der Waals surface area (Å²) in [7, 11) is -3.84. The molecule has 0 saturated carbocycles. The maximum Gasteiger partial charge on any atom is 0.303 e. The molecule has 2 rings (SSSR count). The number of anilines is 1. The van der Waals surface area contributed by atoms with Crippen molar-refractivity contribution in [1.82, 2.24) is 0 Å². The molecule has 0 aliphatic rings. The predicted octanol–water partition coefficient (Wildman–Crippen LogP) is 2.77. The molecule has 0 aromatic heterocycles. The number of aromatic hydroxyl groups is 1. The molecule has 7 heteroatoms. The molecule has 0 saturated heterocycles. The van der Waals surface area contributed by atoms with Gasteiger partial charge in [0.15, 0.2) is 0 Å². The number of aliphatic carboxylic acids is 1. The van der Waals surface area contributed by atoms with Gasteiger partial charge in [-0.1, -0.05) is 25.1 Å². The van der Waals surface area contributed by atoms with Crippen molar-refractivity contribution in [3.8, 4) is 5.75 Å². The van der Waals surface area contributed by atoms with E-state index in [1.807, 2.05) is 6.92 Å². The van der Waals surface area contributed by atoms with Gasteiger partial charge in [0, 0.05) is 6.42 Å². The number of sulfonamides is 1. The van der Waals surface area contributed by atoms with Crippen molar-refractivity contribution in [2.75, 3.05) is 4.72 Å². The van der Waals surface area contributed by atoms with Crippen LogP contribution in [0.25, 0.3) is 0 Å². The lowest BCUT2D eigenvalue weighted by Gasteiger charge is -2.11. The molecule has 0 fully saturated rings. The van der Waals surface area contributed by atoms with Crippen LogP contribution in [0.2, 0.25) is 0 Å². The molecule has 0 radical (unpaired) electrons. The van der Waals surface area contributed by atoms with Gasteiger partial charge in [0.1, 0.15) is 5.75 Å². The van der Waals surface area contributed by atoms with E-state index in [0.717, 1.165) is 11.1 Å². The third-order valence-electron chi connectivity index (χ3n) is 3.57. The molecule has 0 heterocycles. The Kier molecular flexibility index (Phi) is 5.46. The summed E-state index contributed by atoms with van der Waals surface area (Å²) in [6.45, 7) is 1.93. The maximum atomic E-state index is 12.4. The van der Waals surface area contributed by atoms with Crippen LogP contribution in [0.4, 0.5) is 5.69 Å². The van der Waals surface area contributed by atoms with Gasteiger partial charge in [0.05, 0.1) is 10.6 Å². The number of aryl methyl sites for hydroxylation is 2. The third-order valence-corrected chi connectivity index (χ3v) is 4.96. The molecule has 0 amide bonds. The van der Waals surface area contributed by atoms with Gasteiger partial charge in [-0.05, 0) is 48.2 Å². The molecule has 0 bridgehead atoms. The number of phenolic OH excluding ortho intramolecular Hbond substituents is 1. The van der Waals surface area contributed by atoms with Crippen molar-refractivity contribution < 1.29 is 23.4 Å². The molecule has 24 heavy (non-hydrogen) atoms. The van der Waals surface area contributed by atoms with Crippen LogP contribution in [0.1, 0.15) is 24.5 Å². The zero-order valence-corrected chi connectivity index (χ0v) is 14.0. The van der Waals surface area contributed by atoms with E-state index in [-0.39, 0.29) is 22.8 Å². The SMILES string of the molecule is CCc1ccc(O)c(NS(=O)(=O)c2ccc(CCC(=O)O)cc2)c1. The number of carboxylic acids is 1. The normalized spacial score (nSPS) is 11.2. The lowest BCUT2D eigenvalue weighted by molar-refractivity contribution is -0.136. The summed E-state index contributed by atoms with van der Waals surface area (Å²) >= 11 is 0. The Morgan fingerprint density at radius 2 is 1.71 bits per heavy atom. The number of carboxylic acid groups (broad SMARTS) is 1. The van der Waals surface area contributed by atoms with Gasteiger partial charge in [0.25, 0.3) is 10.0 Å². The van der Waals surface area contributed by atoms with Crippen LogP contribution in [-0.2, 0) is 27.7 Å². The summed E-state index contributed by atoms with van der Waals surface area (Å²) in [6.07, 6.45) is 1.04. The van der Waals surface area contributed by atoms with Crippen LogP contribution in [0, 0.1) is 0 Å². The summed E-state index contributed by atoms with van der Waals surface area (Å²) in [5, 5.41) is 18.5. The van der Waals surface area contributed by atoms with Gasteiger partial charge in [-0.15, -0.1) is 0 Å². The summed E-state index contributed by atoms with van der Waals surface area (Å²) in [4.78, 5) is 10.6. The molecule has 0 unspecified atom stereocenters. The van der Waals surface area contributed by atoms with E-state index in [0.29, 0.717) is 12.8 Å². The van der Waals surface area contributed by atoms with Gasteiger partial charge < -0.3 is 10.2 Å². The van der Waals surface area contributed by atoms with E-state index in [9.17, 15) is 18.3 Å². The first-order valence-corrected chi connectivity index (χ1v) is 8.95. The van der Waals surface area contributed by atoms with Crippen LogP contribution >= 0.6 is 0 Å². The Morgan fingerprint density at radius 1 is 1.08 bits per heavy atom. The van der Waals surface area contributed by atoms with Crippen LogP contribution < -0.4 is 4.72 Å². The second kappa shape index (κ2) is 7.35. The van der Waals surface area contributed by atoms with E-state index in [1.54, 1.807) is 24.3 Å². The van der Waals surface area contributed by atoms with E-state index < -0.39 is 16.0 Å². The molecule has 0 spiro atoms. The van der Waals surface area contributed by atoms with Crippen LogP contribution in [0.3, 0.4) is 0 Å². The molecular formula is C17H19NO5S. The smallest absolute Gasteiger partial charge is 0.303 e. The van der Waals surface area contributed by atoms with Gasteiger partial charge in [-0.3, -0.25) is 9.52 Å². The van der Waals surface area contributed by atoms with Gasteiger partial charge in [-0.25, -0.2) is 8.42 Å². The maximum absolute atomic E-state index is 12.4. The molecule has 2 aromatic carbocycles. The highest BCUT2D eigenvalue weighted by Gasteiger charge is 2.16. The molecule has 6 nitrogen and oxygen atoms in total. The van der Waals surface area contributed by atoms with Gasteiger partial charge in [-0.2, -0.15) is 0 Å². The largest absolute Gasteiger partial charge is 0.506 e. The molecule has 0 atom stereocenters. The lowest BCUT2D eigenvalue weighted by atomic mass is 10.1. The minimum atomic E-state index is -3.84. The second-order valence-corrected chi connectivity index (χ2v) is 7.03. The quantitative estimate of drug-likeness (QED) is 0.667. The molecule has 128 valence electrons. The van der Waals surface area contributed by atoms with Crippen molar-refractivity contribution in [3.63, 3.8) is 0 Å². The topological polar surface area (TPSA) is 104 Å². The highest BCUT2D eigenvalue weighted by molar-refractivity contribution is 7.92. The highest BCUT2D eigenvalue weighted by Crippen LogP contribution is 2.27. The Balaban J connectivity index is 2.20. The van der Waals surface area contributed by atoms with Crippen molar-refractivity contribution in [1.29, 1.82) is 0 Å². The van der Waals surface area contributed by atoms with Crippen LogP contribution in [0.15, 0.2) is 47.4 Å². The standard InChI is InChI=1S/C17H19NO5S/c1-2-12-5-9-16(19)15(11-12)18-24(22,23)14-7-3-13(4-8-14)6-10-17(20)21/h3-5,7-9,11,18-19H,2,6,10H2,1H3,(H,20,21). The number of benzene rings is 2. The zero-order valence-electron chi connectivity index (χ0n) is 13.2. The monoisotopic (exact) mass is 349 g/mol. The Morgan fingerprint density at radius 3 is 2.29 bits per heavy atom. The minimum Gasteiger partial charge on any atom is -0.506 e. The number of nitrogens with one attached hydrogen (secondary N) is 1. The minimum absolute atomic E-state index is 0.0119. The first-order valence-electron chi connectivity index (χ1n) is 7.47. The number of phenols is 1. The fraction of sp³-hybridized carbons (Fsp3) is 0.235. The van der Waals surface area contributed by atoms with Crippen molar-refractivity contribution >= 4 is 21.7 Å². The van der Waals surface area contributed by atoms with E-state index in [2.05, 4.69) is 4.72 Å². The van der Waals surface area contributed by atoms with E-state index >= 15 is 0 Å². The number of hydrogen-bond acceptors (Lipinski definition) is 4. The lowest BCUT2D eigenvalue weighted by Crippen LogP contribution is -2.13. The Labute approximate surface area is 140 Å². The summed E-state index contributed by atoms with van der Waals surface area (Å²) in [5.41, 5.74) is 1.77. The first-order chi connectivity index (χ1) is 11.3. The summed E-state index contributed by atoms with van der Waals surface area (Å²) < 4.78 is 27.2. The molecule has 3 N–H and O–H groups in total. The number of hydrogen-bond donors (Lipinski definition) is 3. The zero-order chi connectivity index (χ0) is 17.7. The van der Waals surface area contributed by atoms with E-state index in [4.69, 9.17) is 5.11 Å². The fourth-order valence-electron chi connectivity index (χ4n) is 2.18. The highest BCUT2D eigenvalue weighted by atomic mass is 32.2. The van der Waals surface area contributed by atoms with Crippen molar-refractivity contribution in [3.05, 3.63) is 53.6 Å². The number of carbonyl (C=O) groups is 1. The van der Waals surface area contributed by atoms with Gasteiger partial charge >= 0.3 is 5.97 Å². The number of rotatable bonds is 7. The molecule has 2 aromatic rings. The average molecular weight is 349 g/mol. The van der Waals surface area contributed by atoms with Crippen LogP contribution in [0.5, 0.6) is 5.75 Å². The van der Waals surface area contributed by atoms with E-state index in [1.165, 1.54) is 18.2 Å². The first kappa shape index (κ1) is 17.8. The molecular weight excluding hydrogens is 330 g/mol. The average Bonchev–Trinajstić information content (AvgIpc) is 2.55. The summed E-state index contributed by atoms with van der Waals surface area (Å²) in [6, 6.07) is 10.8. The fourth-order valence-corrected chi connectivity index (χ4v) is 3.24. The van der Waals surface area contributed by atoms with Gasteiger partial charge in [0.2, 0.25) is 0 Å². The van der Waals surface area contributed by atoms with Crippen molar-refractivity contribution in [2.45, 2.75) is 31.1 Å². The van der Waals surface area contributed by atoms with Crippen LogP contribution in [-0.4, -0.2) is 24.6 Å². The second-order valence-electron chi connectivity index (χ2n) is 5.35. The summed E-state index contributed by atoms with van der Waals surface area (Å²) in [5.74, 6) is -1.05. The Bertz CT molecular complexity index is 829. The van der Waals surface area contributed by atoms with Crippen molar-refractivity contribution in [2.24, 2.45) is 0 Å². The Hall–Kier alpha value is -2.54. The third kappa shape index (κ3) is 4.48. The molecule has 0 aliphatic carbocycles. The molecule has 0 aliphatic heterocycles. The predicted molar refractivity (Wildman–Crippen MR) is 90.7 cm³/mol.